The van der Waals surface area contributed by atoms with E-state index in [0.29, 0.717) is 44.6 Å². The molecule has 0 saturated heterocycles. The molecular formula is C41H46N8O6. The van der Waals surface area contributed by atoms with E-state index in [0.717, 1.165) is 29.1 Å². The van der Waals surface area contributed by atoms with Gasteiger partial charge in [0.05, 0.1) is 28.7 Å². The fourth-order valence-electron chi connectivity index (χ4n) is 6.20. The summed E-state index contributed by atoms with van der Waals surface area (Å²) in [7, 11) is 0. The van der Waals surface area contributed by atoms with Gasteiger partial charge in [-0.05, 0) is 84.2 Å². The van der Waals surface area contributed by atoms with Crippen LogP contribution in [0.5, 0.6) is 0 Å². The maximum Gasteiger partial charge on any atom is 0.425 e. The van der Waals surface area contributed by atoms with Crippen LogP contribution < -0.4 is 15.5 Å². The summed E-state index contributed by atoms with van der Waals surface area (Å²) in [5.41, 5.74) is 2.28. The van der Waals surface area contributed by atoms with Crippen molar-refractivity contribution in [2.24, 2.45) is 0 Å². The van der Waals surface area contributed by atoms with Crippen LogP contribution in [0.4, 0.5) is 31.7 Å². The number of hydrogen-bond donors (Lipinski definition) is 2. The number of carbonyl (C=O) groups excluding carboxylic acids is 3. The number of aromatic nitrogens is 5. The first kappa shape index (κ1) is 37.1. The number of carbonyl (C=O) groups is 3. The first-order chi connectivity index (χ1) is 25.9. The lowest BCUT2D eigenvalue weighted by Crippen LogP contribution is -2.44. The number of nitrogens with one attached hydrogen (secondary N) is 2. The molecule has 0 aliphatic heterocycles. The molecular weight excluding hydrogens is 701 g/mol. The molecule has 0 atom stereocenters. The normalized spacial score (nSPS) is 13.5. The van der Waals surface area contributed by atoms with E-state index in [1.807, 2.05) is 53.2 Å². The number of ether oxygens (including phenoxy) is 2. The van der Waals surface area contributed by atoms with E-state index in [1.165, 1.54) is 6.33 Å². The van der Waals surface area contributed by atoms with Crippen LogP contribution in [0.3, 0.4) is 0 Å². The van der Waals surface area contributed by atoms with Crippen LogP contribution in [0.1, 0.15) is 86.9 Å². The van der Waals surface area contributed by atoms with E-state index in [9.17, 15) is 14.4 Å². The smallest absolute Gasteiger partial charge is 0.425 e. The van der Waals surface area contributed by atoms with Crippen molar-refractivity contribution in [3.63, 3.8) is 0 Å². The van der Waals surface area contributed by atoms with Gasteiger partial charge in [-0.15, -0.1) is 0 Å². The van der Waals surface area contributed by atoms with Gasteiger partial charge in [-0.25, -0.2) is 29.0 Å². The van der Waals surface area contributed by atoms with Crippen molar-refractivity contribution < 1.29 is 28.3 Å². The number of fused-ring (bicyclic) bond motifs is 2. The summed E-state index contributed by atoms with van der Waals surface area (Å²) in [5.74, 6) is 0.520. The number of rotatable bonds is 6. The lowest BCUT2D eigenvalue weighted by atomic mass is 9.92. The molecule has 14 heteroatoms. The Bertz CT molecular complexity index is 2390. The second-order valence-corrected chi connectivity index (χ2v) is 16.7. The highest BCUT2D eigenvalue weighted by Gasteiger charge is 2.37. The predicted molar refractivity (Wildman–Crippen MR) is 211 cm³/mol. The molecule has 286 valence electrons. The molecule has 4 aromatic heterocycles. The van der Waals surface area contributed by atoms with Crippen LogP contribution in [0.15, 0.2) is 77.8 Å². The van der Waals surface area contributed by atoms with Crippen molar-refractivity contribution in [1.29, 1.82) is 0 Å². The van der Waals surface area contributed by atoms with E-state index in [-0.39, 0.29) is 17.3 Å². The molecule has 0 bridgehead atoms. The molecule has 4 amide bonds. The topological polar surface area (TPSA) is 159 Å². The summed E-state index contributed by atoms with van der Waals surface area (Å²) in [4.78, 5) is 51.2. The van der Waals surface area contributed by atoms with Crippen LogP contribution in [0.25, 0.3) is 38.8 Å². The summed E-state index contributed by atoms with van der Waals surface area (Å²) in [6.45, 7) is 16.5. The zero-order valence-electron chi connectivity index (χ0n) is 32.6. The van der Waals surface area contributed by atoms with Crippen molar-refractivity contribution in [3.8, 4) is 16.8 Å². The first-order valence-corrected chi connectivity index (χ1v) is 18.2. The van der Waals surface area contributed by atoms with Gasteiger partial charge in [0, 0.05) is 34.7 Å². The lowest BCUT2D eigenvalue weighted by molar-refractivity contribution is 0.0429. The Balaban J connectivity index is 1.29. The molecule has 2 N–H and O–H groups in total. The fraction of sp³-hybridized carbons (Fsp3) is 0.366. The van der Waals surface area contributed by atoms with E-state index in [4.69, 9.17) is 19.0 Å². The SMILES string of the molecule is CC(C)(C)OC(=O)N(C(=O)OC(C)(C)C)c1ncnc2c1c(-c1ccc(NC(=O)Nc3cc(C(C)(C)C)nn3-c3ccccc3)c3occc13)cn2C1CC1. The van der Waals surface area contributed by atoms with Crippen LogP contribution >= 0.6 is 0 Å². The molecule has 7 rings (SSSR count). The van der Waals surface area contributed by atoms with Crippen LogP contribution in [0, 0.1) is 0 Å². The molecule has 2 aromatic carbocycles. The number of para-hydroxylation sites is 1. The van der Waals surface area contributed by atoms with Gasteiger partial charge >= 0.3 is 18.2 Å². The Morgan fingerprint density at radius 1 is 0.836 bits per heavy atom. The molecule has 1 saturated carbocycles. The number of benzene rings is 2. The predicted octanol–water partition coefficient (Wildman–Crippen LogP) is 9.98. The number of urea groups is 1. The molecule has 6 aromatic rings. The first-order valence-electron chi connectivity index (χ1n) is 18.2. The zero-order chi connectivity index (χ0) is 39.4. The maximum absolute atomic E-state index is 13.8. The molecule has 0 radical (unpaired) electrons. The summed E-state index contributed by atoms with van der Waals surface area (Å²) in [6, 6.07) is 16.6. The van der Waals surface area contributed by atoms with Gasteiger partial charge in [-0.1, -0.05) is 45.0 Å². The van der Waals surface area contributed by atoms with Gasteiger partial charge in [0.2, 0.25) is 0 Å². The molecule has 0 spiro atoms. The Morgan fingerprint density at radius 3 is 2.13 bits per heavy atom. The minimum absolute atomic E-state index is 0.0192. The maximum atomic E-state index is 13.8. The standard InChI is InChI=1S/C41H46N8O6/c1-39(2,3)30-21-31(49(46-30)25-13-11-10-12-14-25)45-36(50)44-29-18-17-26(27-19-20-53-33(27)29)28-22-47(24-15-16-24)34-32(28)35(43-23-42-34)48(37(51)54-40(4,5)6)38(52)55-41(7,8)9/h10-14,17-24H,15-16H2,1-9H3,(H2,44,45,50). The fourth-order valence-corrected chi connectivity index (χ4v) is 6.20. The molecule has 1 fully saturated rings. The van der Waals surface area contributed by atoms with Crippen molar-refractivity contribution in [2.45, 2.75) is 97.8 Å². The zero-order valence-corrected chi connectivity index (χ0v) is 32.6. The minimum atomic E-state index is -0.936. The van der Waals surface area contributed by atoms with Crippen molar-refractivity contribution in [2.75, 3.05) is 15.5 Å². The van der Waals surface area contributed by atoms with Crippen LogP contribution in [0.2, 0.25) is 0 Å². The third-order valence-corrected chi connectivity index (χ3v) is 8.77. The molecule has 55 heavy (non-hydrogen) atoms. The van der Waals surface area contributed by atoms with E-state index in [1.54, 1.807) is 64.6 Å². The highest BCUT2D eigenvalue weighted by molar-refractivity contribution is 6.18. The average Bonchev–Trinajstić information content (AvgIpc) is 3.45. The highest BCUT2D eigenvalue weighted by atomic mass is 16.6. The molecule has 0 unspecified atom stereocenters. The third kappa shape index (κ3) is 7.75. The van der Waals surface area contributed by atoms with Gasteiger partial charge < -0.3 is 23.8 Å². The number of furan rings is 1. The highest BCUT2D eigenvalue weighted by Crippen LogP contribution is 2.45. The van der Waals surface area contributed by atoms with Gasteiger partial charge in [0.1, 0.15) is 29.0 Å². The van der Waals surface area contributed by atoms with Crippen molar-refractivity contribution in [1.82, 2.24) is 24.3 Å². The van der Waals surface area contributed by atoms with E-state index in [2.05, 4.69) is 41.4 Å². The van der Waals surface area contributed by atoms with Gasteiger partial charge in [-0.3, -0.25) is 5.32 Å². The van der Waals surface area contributed by atoms with Gasteiger partial charge in [0.25, 0.3) is 0 Å². The third-order valence-electron chi connectivity index (χ3n) is 8.77. The number of amides is 4. The molecule has 4 heterocycles. The quantitative estimate of drug-likeness (QED) is 0.169. The number of nitrogens with zero attached hydrogens (tertiary/aromatic N) is 6. The Labute approximate surface area is 318 Å². The second kappa shape index (κ2) is 13.6. The van der Waals surface area contributed by atoms with Crippen LogP contribution in [-0.4, -0.2) is 53.7 Å². The largest absolute Gasteiger partial charge is 0.462 e. The van der Waals surface area contributed by atoms with Gasteiger partial charge in [0.15, 0.2) is 11.4 Å². The summed E-state index contributed by atoms with van der Waals surface area (Å²) < 4.78 is 21.2. The number of hydrogen-bond acceptors (Lipinski definition) is 9. The average molecular weight is 747 g/mol. The monoisotopic (exact) mass is 746 g/mol. The summed E-state index contributed by atoms with van der Waals surface area (Å²) >= 11 is 0. The van der Waals surface area contributed by atoms with Crippen molar-refractivity contribution in [3.05, 3.63) is 79.1 Å². The molecule has 1 aliphatic carbocycles. The van der Waals surface area contributed by atoms with Crippen LogP contribution in [-0.2, 0) is 14.9 Å². The summed E-state index contributed by atoms with van der Waals surface area (Å²) in [5, 5.41) is 11.9. The van der Waals surface area contributed by atoms with Gasteiger partial charge in [-0.2, -0.15) is 10.00 Å². The van der Waals surface area contributed by atoms with E-state index < -0.39 is 29.4 Å². The number of imide groups is 1. The lowest BCUT2D eigenvalue weighted by Gasteiger charge is -2.28. The second-order valence-electron chi connectivity index (χ2n) is 16.7. The molecule has 14 nitrogen and oxygen atoms in total. The minimum Gasteiger partial charge on any atom is -0.462 e. The van der Waals surface area contributed by atoms with E-state index >= 15 is 0 Å². The van der Waals surface area contributed by atoms with Crippen molar-refractivity contribution >= 4 is 57.5 Å². The summed E-state index contributed by atoms with van der Waals surface area (Å²) in [6.07, 6.45) is 4.86. The number of anilines is 3. The molecule has 1 aliphatic rings. The Morgan fingerprint density at radius 2 is 1.51 bits per heavy atom. The Hall–Kier alpha value is -6.18. The Kier molecular flexibility index (Phi) is 9.18.